The molecule has 1 amide bonds. The third-order valence-electron chi connectivity index (χ3n) is 2.69. The highest BCUT2D eigenvalue weighted by Crippen LogP contribution is 2.22. The second-order valence-electron chi connectivity index (χ2n) is 4.68. The number of halogens is 1. The van der Waals surface area contributed by atoms with Crippen molar-refractivity contribution in [3.05, 3.63) is 35.1 Å². The number of para-hydroxylation sites is 1. The van der Waals surface area contributed by atoms with Gasteiger partial charge >= 0.3 is 0 Å². The van der Waals surface area contributed by atoms with Crippen molar-refractivity contribution in [2.45, 2.75) is 24.9 Å². The van der Waals surface area contributed by atoms with Crippen LogP contribution in [-0.4, -0.2) is 26.5 Å². The van der Waals surface area contributed by atoms with E-state index in [0.717, 1.165) is 0 Å². The highest BCUT2D eigenvalue weighted by molar-refractivity contribution is 7.99. The number of nitrogen functional groups attached to an aromatic ring is 1. The molecule has 21 heavy (non-hydrogen) atoms. The molecule has 1 aromatic heterocycles. The number of amides is 1. The highest BCUT2D eigenvalue weighted by Gasteiger charge is 2.14. The molecule has 6 nitrogen and oxygen atoms in total. The fourth-order valence-electron chi connectivity index (χ4n) is 1.66. The summed E-state index contributed by atoms with van der Waals surface area (Å²) >= 11 is 7.21. The van der Waals surface area contributed by atoms with Crippen molar-refractivity contribution >= 4 is 35.0 Å². The number of nitrogens with one attached hydrogen (secondary N) is 1. The third-order valence-corrected chi connectivity index (χ3v) is 3.96. The molecule has 0 radical (unpaired) electrons. The van der Waals surface area contributed by atoms with Crippen molar-refractivity contribution in [3.63, 3.8) is 0 Å². The number of nitrogens with zero attached hydrogens (tertiary/aromatic N) is 3. The number of benzene rings is 1. The van der Waals surface area contributed by atoms with Gasteiger partial charge in [0.25, 0.3) is 0 Å². The van der Waals surface area contributed by atoms with Crippen LogP contribution < -0.4 is 11.2 Å². The Morgan fingerprint density at radius 3 is 2.76 bits per heavy atom. The lowest BCUT2D eigenvalue weighted by atomic mass is 10.2. The summed E-state index contributed by atoms with van der Waals surface area (Å²) in [6.45, 7) is 3.96. The van der Waals surface area contributed by atoms with E-state index in [9.17, 15) is 4.79 Å². The molecule has 1 heterocycles. The van der Waals surface area contributed by atoms with E-state index in [1.54, 1.807) is 24.3 Å². The van der Waals surface area contributed by atoms with Gasteiger partial charge in [-0.15, -0.1) is 10.2 Å². The Labute approximate surface area is 132 Å². The minimum atomic E-state index is -0.179. The van der Waals surface area contributed by atoms with Gasteiger partial charge in [-0.25, -0.2) is 4.68 Å². The number of anilines is 1. The van der Waals surface area contributed by atoms with Crippen LogP contribution in [0.1, 0.15) is 25.6 Å². The number of carbonyl (C=O) groups excluding carboxylic acids is 1. The maximum absolute atomic E-state index is 11.9. The summed E-state index contributed by atoms with van der Waals surface area (Å²) in [5.74, 6) is 6.74. The molecule has 0 fully saturated rings. The van der Waals surface area contributed by atoms with E-state index >= 15 is 0 Å². The highest BCUT2D eigenvalue weighted by atomic mass is 35.5. The number of thioether (sulfide) groups is 1. The first kappa shape index (κ1) is 15.7. The average molecular weight is 326 g/mol. The van der Waals surface area contributed by atoms with Crippen molar-refractivity contribution in [2.75, 3.05) is 16.9 Å². The maximum atomic E-state index is 11.9. The van der Waals surface area contributed by atoms with Gasteiger partial charge in [-0.05, 0) is 12.1 Å². The molecule has 0 saturated carbocycles. The molecule has 0 unspecified atom stereocenters. The Kier molecular flexibility index (Phi) is 5.08. The van der Waals surface area contributed by atoms with E-state index in [-0.39, 0.29) is 17.6 Å². The molecule has 0 aliphatic heterocycles. The van der Waals surface area contributed by atoms with Crippen molar-refractivity contribution in [1.82, 2.24) is 14.9 Å². The molecule has 0 bridgehead atoms. The molecule has 0 saturated heterocycles. The van der Waals surface area contributed by atoms with Gasteiger partial charge in [-0.2, -0.15) is 0 Å². The van der Waals surface area contributed by atoms with Gasteiger partial charge < -0.3 is 11.2 Å². The molecule has 0 aliphatic carbocycles. The summed E-state index contributed by atoms with van der Waals surface area (Å²) in [7, 11) is 0. The Morgan fingerprint density at radius 1 is 1.43 bits per heavy atom. The molecule has 1 aromatic carbocycles. The molecule has 0 atom stereocenters. The molecule has 0 aliphatic rings. The van der Waals surface area contributed by atoms with Crippen LogP contribution >= 0.6 is 23.4 Å². The SMILES string of the molecule is CC(C)c1nnc(SCC(=O)Nc2ccccc2Cl)n1N. The Bertz CT molecular complexity index is 643. The van der Waals surface area contributed by atoms with Gasteiger partial charge in [0.1, 0.15) is 0 Å². The van der Waals surface area contributed by atoms with Gasteiger partial charge in [-0.3, -0.25) is 4.79 Å². The standard InChI is InChI=1S/C13H16ClN5OS/c1-8(2)12-17-18-13(19(12)15)21-7-11(20)16-10-6-4-3-5-9(10)14/h3-6,8H,7,15H2,1-2H3,(H,16,20). The molecule has 112 valence electrons. The minimum Gasteiger partial charge on any atom is -0.336 e. The molecular weight excluding hydrogens is 310 g/mol. The van der Waals surface area contributed by atoms with Crippen molar-refractivity contribution in [2.24, 2.45) is 0 Å². The summed E-state index contributed by atoms with van der Waals surface area (Å²) in [5.41, 5.74) is 0.585. The maximum Gasteiger partial charge on any atom is 0.234 e. The normalized spacial score (nSPS) is 10.9. The zero-order valence-electron chi connectivity index (χ0n) is 11.7. The predicted octanol–water partition coefficient (Wildman–Crippen LogP) is 2.50. The molecular formula is C13H16ClN5OS. The molecule has 3 N–H and O–H groups in total. The topological polar surface area (TPSA) is 85.8 Å². The van der Waals surface area contributed by atoms with Gasteiger partial charge in [0, 0.05) is 5.92 Å². The fourth-order valence-corrected chi connectivity index (χ4v) is 2.51. The van der Waals surface area contributed by atoms with Gasteiger partial charge in [0.2, 0.25) is 11.1 Å². The van der Waals surface area contributed by atoms with Crippen LogP contribution in [0.5, 0.6) is 0 Å². The van der Waals surface area contributed by atoms with Crippen LogP contribution in [0.2, 0.25) is 5.02 Å². The van der Waals surface area contributed by atoms with Gasteiger partial charge in [-0.1, -0.05) is 49.3 Å². The number of hydrogen-bond donors (Lipinski definition) is 2. The Hall–Kier alpha value is -1.73. The first-order valence-corrected chi connectivity index (χ1v) is 7.73. The van der Waals surface area contributed by atoms with E-state index in [1.807, 2.05) is 13.8 Å². The first-order valence-electron chi connectivity index (χ1n) is 6.36. The summed E-state index contributed by atoms with van der Waals surface area (Å²) in [6, 6.07) is 7.07. The number of aromatic nitrogens is 3. The lowest BCUT2D eigenvalue weighted by Crippen LogP contribution is -2.17. The lowest BCUT2D eigenvalue weighted by molar-refractivity contribution is -0.113. The van der Waals surface area contributed by atoms with E-state index in [4.69, 9.17) is 17.4 Å². The molecule has 2 aromatic rings. The average Bonchev–Trinajstić information content (AvgIpc) is 2.80. The lowest BCUT2D eigenvalue weighted by Gasteiger charge is -2.07. The summed E-state index contributed by atoms with van der Waals surface area (Å²) in [5, 5.41) is 11.7. The Morgan fingerprint density at radius 2 is 2.14 bits per heavy atom. The van der Waals surface area contributed by atoms with Gasteiger partial charge in [0.15, 0.2) is 5.82 Å². The van der Waals surface area contributed by atoms with Crippen LogP contribution in [0.3, 0.4) is 0 Å². The zero-order chi connectivity index (χ0) is 15.4. The third kappa shape index (κ3) is 3.89. The number of hydrogen-bond acceptors (Lipinski definition) is 5. The quantitative estimate of drug-likeness (QED) is 0.651. The smallest absolute Gasteiger partial charge is 0.234 e. The second-order valence-corrected chi connectivity index (χ2v) is 6.03. The summed E-state index contributed by atoms with van der Waals surface area (Å²) in [4.78, 5) is 11.9. The molecule has 2 rings (SSSR count). The van der Waals surface area contributed by atoms with Crippen molar-refractivity contribution in [1.29, 1.82) is 0 Å². The monoisotopic (exact) mass is 325 g/mol. The van der Waals surface area contributed by atoms with Crippen molar-refractivity contribution < 1.29 is 4.79 Å². The fraction of sp³-hybridized carbons (Fsp3) is 0.308. The van der Waals surface area contributed by atoms with Crippen LogP contribution in [0.4, 0.5) is 5.69 Å². The number of rotatable bonds is 5. The largest absolute Gasteiger partial charge is 0.336 e. The van der Waals surface area contributed by atoms with Crippen LogP contribution in [0.25, 0.3) is 0 Å². The number of carbonyl (C=O) groups is 1. The number of nitrogens with two attached hydrogens (primary N) is 1. The first-order chi connectivity index (χ1) is 9.99. The second kappa shape index (κ2) is 6.82. The van der Waals surface area contributed by atoms with Crippen molar-refractivity contribution in [3.8, 4) is 0 Å². The van der Waals surface area contributed by atoms with E-state index < -0.39 is 0 Å². The minimum absolute atomic E-state index is 0.175. The van der Waals surface area contributed by atoms with E-state index in [2.05, 4.69) is 15.5 Å². The molecule has 8 heteroatoms. The van der Waals surface area contributed by atoms with E-state index in [0.29, 0.717) is 21.7 Å². The molecule has 0 spiro atoms. The van der Waals surface area contributed by atoms with Crippen LogP contribution in [0, 0.1) is 0 Å². The predicted molar refractivity (Wildman–Crippen MR) is 85.1 cm³/mol. The zero-order valence-corrected chi connectivity index (χ0v) is 13.3. The van der Waals surface area contributed by atoms with E-state index in [1.165, 1.54) is 16.4 Å². The Balaban J connectivity index is 1.94. The van der Waals surface area contributed by atoms with Gasteiger partial charge in [0.05, 0.1) is 16.5 Å². The van der Waals surface area contributed by atoms with Crippen LogP contribution in [0.15, 0.2) is 29.4 Å². The van der Waals surface area contributed by atoms with Crippen LogP contribution in [-0.2, 0) is 4.79 Å². The summed E-state index contributed by atoms with van der Waals surface area (Å²) < 4.78 is 1.41. The summed E-state index contributed by atoms with van der Waals surface area (Å²) in [6.07, 6.45) is 0.